The Kier molecular flexibility index (Phi) is 73.1. The molecular weight excluding hydrogens is 1330 g/mol. The number of carbonyl (C=O) groups excluding carboxylic acids is 4. The van der Waals surface area contributed by atoms with Gasteiger partial charge in [-0.2, -0.15) is 0 Å². The number of phosphoric acid groups is 2. The van der Waals surface area contributed by atoms with Crippen molar-refractivity contribution in [2.45, 2.75) is 458 Å². The SMILES string of the molecule is CCCCCCCCCCCCCCCCCCCC(=O)OC[C@H](COP(=O)(O)OC[C@@H](O)COP(=O)(O)OC[C@@H](COC(=O)CCCCCCCCCCC(C)C)OC(=O)CCCCCCCCCCCCCCCCC)OC(=O)CCCCCCCCCCCCCCCCCCC(C)C. The number of hydrogen-bond acceptors (Lipinski definition) is 15. The van der Waals surface area contributed by atoms with Crippen LogP contribution in [0, 0.1) is 11.8 Å². The van der Waals surface area contributed by atoms with Gasteiger partial charge in [0.1, 0.15) is 19.3 Å². The molecule has 0 saturated carbocycles. The molecule has 0 aromatic heterocycles. The number of aliphatic hydroxyl groups excluding tert-OH is 1. The number of rotatable bonds is 82. The second kappa shape index (κ2) is 74.5. The molecule has 5 atom stereocenters. The van der Waals surface area contributed by atoms with Gasteiger partial charge in [0.2, 0.25) is 0 Å². The summed E-state index contributed by atoms with van der Waals surface area (Å²) in [5.41, 5.74) is 0. The van der Waals surface area contributed by atoms with E-state index in [1.54, 1.807) is 0 Å². The Morgan fingerprint density at radius 2 is 0.451 bits per heavy atom. The highest BCUT2D eigenvalue weighted by molar-refractivity contribution is 7.47. The van der Waals surface area contributed by atoms with Crippen molar-refractivity contribution >= 4 is 39.5 Å². The second-order valence-corrected chi connectivity index (χ2v) is 33.7. The molecule has 17 nitrogen and oxygen atoms in total. The fourth-order valence-corrected chi connectivity index (χ4v) is 14.5. The molecule has 0 aliphatic carbocycles. The molecule has 2 unspecified atom stereocenters. The third kappa shape index (κ3) is 76.3. The zero-order valence-electron chi connectivity index (χ0n) is 66.9. The first-order valence-electron chi connectivity index (χ1n) is 43.0. The third-order valence-corrected chi connectivity index (χ3v) is 21.4. The van der Waals surface area contributed by atoms with Crippen molar-refractivity contribution in [1.29, 1.82) is 0 Å². The van der Waals surface area contributed by atoms with E-state index in [2.05, 4.69) is 41.5 Å². The minimum absolute atomic E-state index is 0.108. The van der Waals surface area contributed by atoms with Crippen molar-refractivity contribution in [2.75, 3.05) is 39.6 Å². The Balaban J connectivity index is 5.25. The largest absolute Gasteiger partial charge is 0.472 e. The Bertz CT molecular complexity index is 1960. The quantitative estimate of drug-likeness (QED) is 0.0222. The minimum Gasteiger partial charge on any atom is -0.462 e. The minimum atomic E-state index is -4.96. The second-order valence-electron chi connectivity index (χ2n) is 30.8. The predicted molar refractivity (Wildman–Crippen MR) is 418 cm³/mol. The molecule has 0 saturated heterocycles. The van der Waals surface area contributed by atoms with E-state index in [4.69, 9.17) is 37.0 Å². The van der Waals surface area contributed by atoms with Gasteiger partial charge in [0, 0.05) is 25.7 Å². The van der Waals surface area contributed by atoms with Gasteiger partial charge in [-0.15, -0.1) is 0 Å². The van der Waals surface area contributed by atoms with Crippen molar-refractivity contribution in [3.63, 3.8) is 0 Å². The Morgan fingerprint density at radius 1 is 0.265 bits per heavy atom. The molecule has 0 rings (SSSR count). The van der Waals surface area contributed by atoms with Crippen LogP contribution < -0.4 is 0 Å². The lowest BCUT2D eigenvalue weighted by Gasteiger charge is -2.21. The lowest BCUT2D eigenvalue weighted by atomic mass is 10.0. The molecule has 0 heterocycles. The van der Waals surface area contributed by atoms with Gasteiger partial charge < -0.3 is 33.8 Å². The molecule has 19 heteroatoms. The van der Waals surface area contributed by atoms with E-state index in [0.717, 1.165) is 102 Å². The first-order valence-corrected chi connectivity index (χ1v) is 46.0. The van der Waals surface area contributed by atoms with E-state index in [1.165, 1.54) is 257 Å². The molecule has 0 fully saturated rings. The lowest BCUT2D eigenvalue weighted by Crippen LogP contribution is -2.30. The highest BCUT2D eigenvalue weighted by atomic mass is 31.2. The standard InChI is InChI=1S/C83H162O17P2/c1-7-9-11-13-15-17-19-21-23-24-29-32-36-40-47-53-59-65-80(85)93-71-78(99-82(87)68-62-56-50-42-38-34-30-26-25-28-31-35-39-45-51-57-63-75(3)4)73-97-101(89,90)95-69-77(84)70-96-102(91,92)98-74-79(72-94-81(86)66-60-54-48-44-43-46-52-58-64-76(5)6)100-83(88)67-61-55-49-41-37-33-27-22-20-18-16-14-12-10-8-2/h75-79,84H,7-74H2,1-6H3,(H,89,90)(H,91,92)/t77-,78-,79-/m1/s1. The first-order chi connectivity index (χ1) is 49.4. The maximum atomic E-state index is 13.1. The van der Waals surface area contributed by atoms with Crippen LogP contribution in [0.2, 0.25) is 0 Å². The molecule has 0 bridgehead atoms. The van der Waals surface area contributed by atoms with Crippen LogP contribution in [-0.2, 0) is 65.4 Å². The van der Waals surface area contributed by atoms with Gasteiger partial charge >= 0.3 is 39.5 Å². The number of aliphatic hydroxyl groups is 1. The number of ether oxygens (including phenoxy) is 4. The molecule has 0 amide bonds. The van der Waals surface area contributed by atoms with Gasteiger partial charge in [0.05, 0.1) is 26.4 Å². The Labute approximate surface area is 626 Å². The van der Waals surface area contributed by atoms with Crippen LogP contribution in [0.25, 0.3) is 0 Å². The summed E-state index contributed by atoms with van der Waals surface area (Å²) in [5.74, 6) is -0.569. The molecule has 3 N–H and O–H groups in total. The monoisotopic (exact) mass is 1490 g/mol. The number of unbranched alkanes of at least 4 members (excludes halogenated alkanes) is 52. The van der Waals surface area contributed by atoms with E-state index < -0.39 is 97.5 Å². The molecule has 102 heavy (non-hydrogen) atoms. The smallest absolute Gasteiger partial charge is 0.462 e. The molecule has 0 aliphatic rings. The third-order valence-electron chi connectivity index (χ3n) is 19.5. The van der Waals surface area contributed by atoms with Gasteiger partial charge in [-0.3, -0.25) is 37.3 Å². The van der Waals surface area contributed by atoms with E-state index in [0.29, 0.717) is 25.7 Å². The summed E-state index contributed by atoms with van der Waals surface area (Å²) >= 11 is 0. The molecule has 0 aromatic rings. The topological polar surface area (TPSA) is 237 Å². The first kappa shape index (κ1) is 100. The van der Waals surface area contributed by atoms with Crippen LogP contribution in [0.3, 0.4) is 0 Å². The Morgan fingerprint density at radius 3 is 0.667 bits per heavy atom. The molecular formula is C83H162O17P2. The maximum absolute atomic E-state index is 13.1. The summed E-state index contributed by atoms with van der Waals surface area (Å²) in [6.07, 6.45) is 65.2. The van der Waals surface area contributed by atoms with Gasteiger partial charge in [-0.25, -0.2) is 9.13 Å². The van der Waals surface area contributed by atoms with Crippen molar-refractivity contribution in [2.24, 2.45) is 11.8 Å². The molecule has 0 aliphatic heterocycles. The highest BCUT2D eigenvalue weighted by Crippen LogP contribution is 2.45. The van der Waals surface area contributed by atoms with Crippen molar-refractivity contribution in [3.8, 4) is 0 Å². The fraction of sp³-hybridized carbons (Fsp3) is 0.952. The summed E-state index contributed by atoms with van der Waals surface area (Å²) in [6.45, 7) is 9.65. The number of hydrogen-bond donors (Lipinski definition) is 3. The normalized spacial score (nSPS) is 13.9. The highest BCUT2D eigenvalue weighted by Gasteiger charge is 2.30. The Hall–Kier alpha value is -1.94. The van der Waals surface area contributed by atoms with Gasteiger partial charge in [0.15, 0.2) is 12.2 Å². The van der Waals surface area contributed by atoms with Gasteiger partial charge in [-0.1, -0.05) is 388 Å². The van der Waals surface area contributed by atoms with E-state index >= 15 is 0 Å². The van der Waals surface area contributed by atoms with Gasteiger partial charge in [0.25, 0.3) is 0 Å². The van der Waals surface area contributed by atoms with Gasteiger partial charge in [-0.05, 0) is 37.5 Å². The fourth-order valence-electron chi connectivity index (χ4n) is 12.9. The predicted octanol–water partition coefficient (Wildman–Crippen LogP) is 25.1. The number of esters is 4. The summed E-state index contributed by atoms with van der Waals surface area (Å²) < 4.78 is 68.8. The van der Waals surface area contributed by atoms with Crippen molar-refractivity contribution in [3.05, 3.63) is 0 Å². The van der Waals surface area contributed by atoms with E-state index in [-0.39, 0.29) is 25.7 Å². The van der Waals surface area contributed by atoms with Crippen LogP contribution >= 0.6 is 15.6 Å². The number of phosphoric ester groups is 2. The van der Waals surface area contributed by atoms with Crippen LogP contribution in [0.5, 0.6) is 0 Å². The summed E-state index contributed by atoms with van der Waals surface area (Å²) in [6, 6.07) is 0. The van der Waals surface area contributed by atoms with Crippen LogP contribution in [0.4, 0.5) is 0 Å². The maximum Gasteiger partial charge on any atom is 0.472 e. The average Bonchev–Trinajstić information content (AvgIpc) is 1.08. The van der Waals surface area contributed by atoms with E-state index in [1.807, 2.05) is 0 Å². The zero-order valence-corrected chi connectivity index (χ0v) is 68.7. The molecule has 0 aromatic carbocycles. The summed E-state index contributed by atoms with van der Waals surface area (Å²) in [4.78, 5) is 73.1. The van der Waals surface area contributed by atoms with Crippen LogP contribution in [0.1, 0.15) is 440 Å². The van der Waals surface area contributed by atoms with Crippen molar-refractivity contribution in [1.82, 2.24) is 0 Å². The molecule has 606 valence electrons. The lowest BCUT2D eigenvalue weighted by molar-refractivity contribution is -0.161. The average molecular weight is 1490 g/mol. The summed E-state index contributed by atoms with van der Waals surface area (Å²) in [5, 5.41) is 10.7. The molecule has 0 spiro atoms. The zero-order chi connectivity index (χ0) is 74.9. The summed E-state index contributed by atoms with van der Waals surface area (Å²) in [7, 11) is -9.92. The van der Waals surface area contributed by atoms with Crippen LogP contribution in [0.15, 0.2) is 0 Å². The van der Waals surface area contributed by atoms with E-state index in [9.17, 15) is 43.2 Å². The number of carbonyl (C=O) groups is 4. The van der Waals surface area contributed by atoms with Crippen molar-refractivity contribution < 1.29 is 80.2 Å². The van der Waals surface area contributed by atoms with Crippen LogP contribution in [-0.4, -0.2) is 96.7 Å². The molecule has 0 radical (unpaired) electrons.